The summed E-state index contributed by atoms with van der Waals surface area (Å²) in [5.41, 5.74) is 8.92. The number of hydrogen-bond donors (Lipinski definition) is 2. The Labute approximate surface area is 109 Å². The van der Waals surface area contributed by atoms with E-state index in [2.05, 4.69) is 11.4 Å². The molecular weight excluding hydrogens is 226 g/mol. The van der Waals surface area contributed by atoms with Crippen LogP contribution in [0.2, 0.25) is 0 Å². The number of nitrogens with one attached hydrogen (secondary N) is 1. The van der Waals surface area contributed by atoms with E-state index in [1.165, 1.54) is 0 Å². The van der Waals surface area contributed by atoms with Crippen LogP contribution < -0.4 is 16.0 Å². The molecule has 0 bridgehead atoms. The predicted molar refractivity (Wildman–Crippen MR) is 75.6 cm³/mol. The number of nitrogens with zero attached hydrogens (tertiary/aromatic N) is 1. The fourth-order valence-electron chi connectivity index (χ4n) is 1.89. The van der Waals surface area contributed by atoms with Crippen molar-refractivity contribution in [2.45, 2.75) is 26.8 Å². The third-order valence-corrected chi connectivity index (χ3v) is 2.86. The van der Waals surface area contributed by atoms with Gasteiger partial charge in [0.15, 0.2) is 0 Å². The second kappa shape index (κ2) is 7.01. The van der Waals surface area contributed by atoms with E-state index in [1.807, 2.05) is 37.9 Å². The summed E-state index contributed by atoms with van der Waals surface area (Å²) < 4.78 is 0. The van der Waals surface area contributed by atoms with Gasteiger partial charge in [-0.25, -0.2) is 0 Å². The Morgan fingerprint density at radius 2 is 2.17 bits per heavy atom. The standard InChI is InChI=1S/C14H23N3O/c1-4-7-16-14(18)10-17(3)13-6-5-12(9-15)8-11(13)2/h5-6,8H,4,7,9-10,15H2,1-3H3,(H,16,18). The molecule has 4 heteroatoms. The van der Waals surface area contributed by atoms with E-state index in [0.29, 0.717) is 13.1 Å². The van der Waals surface area contributed by atoms with Gasteiger partial charge in [-0.2, -0.15) is 0 Å². The van der Waals surface area contributed by atoms with Gasteiger partial charge in [-0.1, -0.05) is 19.1 Å². The maximum absolute atomic E-state index is 11.6. The Kier molecular flexibility index (Phi) is 5.65. The zero-order chi connectivity index (χ0) is 13.5. The van der Waals surface area contributed by atoms with Gasteiger partial charge in [0.25, 0.3) is 0 Å². The van der Waals surface area contributed by atoms with Gasteiger partial charge in [0.05, 0.1) is 6.54 Å². The topological polar surface area (TPSA) is 58.4 Å². The van der Waals surface area contributed by atoms with Crippen molar-refractivity contribution in [1.82, 2.24) is 5.32 Å². The zero-order valence-electron chi connectivity index (χ0n) is 11.5. The maximum atomic E-state index is 11.6. The normalized spacial score (nSPS) is 10.2. The molecule has 18 heavy (non-hydrogen) atoms. The summed E-state index contributed by atoms with van der Waals surface area (Å²) in [4.78, 5) is 13.6. The van der Waals surface area contributed by atoms with E-state index in [0.717, 1.165) is 29.8 Å². The van der Waals surface area contributed by atoms with Crippen molar-refractivity contribution in [2.24, 2.45) is 5.73 Å². The van der Waals surface area contributed by atoms with Gasteiger partial charge in [-0.05, 0) is 30.5 Å². The first-order chi connectivity index (χ1) is 8.58. The second-order valence-electron chi connectivity index (χ2n) is 4.53. The van der Waals surface area contributed by atoms with Crippen LogP contribution in [0.4, 0.5) is 5.69 Å². The summed E-state index contributed by atoms with van der Waals surface area (Å²) in [6, 6.07) is 6.09. The quantitative estimate of drug-likeness (QED) is 0.801. The monoisotopic (exact) mass is 249 g/mol. The van der Waals surface area contributed by atoms with Gasteiger partial charge in [-0.3, -0.25) is 4.79 Å². The Bertz CT molecular complexity index is 404. The molecular formula is C14H23N3O. The van der Waals surface area contributed by atoms with E-state index < -0.39 is 0 Å². The molecule has 0 spiro atoms. The first-order valence-electron chi connectivity index (χ1n) is 6.36. The van der Waals surface area contributed by atoms with Crippen molar-refractivity contribution in [3.05, 3.63) is 29.3 Å². The molecule has 0 atom stereocenters. The Morgan fingerprint density at radius 1 is 1.44 bits per heavy atom. The summed E-state index contributed by atoms with van der Waals surface area (Å²) in [6.45, 7) is 5.73. The number of nitrogens with two attached hydrogens (primary N) is 1. The van der Waals surface area contributed by atoms with Crippen molar-refractivity contribution < 1.29 is 4.79 Å². The fraction of sp³-hybridized carbons (Fsp3) is 0.500. The van der Waals surface area contributed by atoms with Crippen LogP contribution in [0.1, 0.15) is 24.5 Å². The summed E-state index contributed by atoms with van der Waals surface area (Å²) in [5.74, 6) is 0.0571. The highest BCUT2D eigenvalue weighted by Gasteiger charge is 2.09. The molecule has 1 rings (SSSR count). The SMILES string of the molecule is CCCNC(=O)CN(C)c1ccc(CN)cc1C. The van der Waals surface area contributed by atoms with Gasteiger partial charge >= 0.3 is 0 Å². The highest BCUT2D eigenvalue weighted by molar-refractivity contribution is 5.81. The molecule has 0 aliphatic heterocycles. The molecule has 1 aromatic rings. The predicted octanol–water partition coefficient (Wildman–Crippen LogP) is 1.42. The second-order valence-corrected chi connectivity index (χ2v) is 4.53. The third kappa shape index (κ3) is 4.04. The smallest absolute Gasteiger partial charge is 0.239 e. The van der Waals surface area contributed by atoms with Gasteiger partial charge < -0.3 is 16.0 Å². The molecule has 0 heterocycles. The number of carbonyl (C=O) groups is 1. The molecule has 0 radical (unpaired) electrons. The van der Waals surface area contributed by atoms with Crippen LogP contribution in [-0.4, -0.2) is 26.0 Å². The molecule has 1 aromatic carbocycles. The minimum absolute atomic E-state index is 0.0571. The summed E-state index contributed by atoms with van der Waals surface area (Å²) in [5, 5.41) is 2.87. The van der Waals surface area contributed by atoms with Gasteiger partial charge in [-0.15, -0.1) is 0 Å². The Balaban J connectivity index is 2.66. The molecule has 0 aliphatic carbocycles. The molecule has 4 nitrogen and oxygen atoms in total. The van der Waals surface area contributed by atoms with Crippen molar-refractivity contribution in [2.75, 3.05) is 25.0 Å². The number of amides is 1. The molecule has 0 saturated heterocycles. The number of likely N-dealkylation sites (N-methyl/N-ethyl adjacent to an activating group) is 1. The van der Waals surface area contributed by atoms with Crippen LogP contribution >= 0.6 is 0 Å². The van der Waals surface area contributed by atoms with Crippen molar-refractivity contribution in [1.29, 1.82) is 0 Å². The molecule has 3 N–H and O–H groups in total. The number of rotatable bonds is 6. The average molecular weight is 249 g/mol. The van der Waals surface area contributed by atoms with Crippen molar-refractivity contribution in [3.63, 3.8) is 0 Å². The van der Waals surface area contributed by atoms with Crippen LogP contribution in [-0.2, 0) is 11.3 Å². The summed E-state index contributed by atoms with van der Waals surface area (Å²) >= 11 is 0. The van der Waals surface area contributed by atoms with Gasteiger partial charge in [0.2, 0.25) is 5.91 Å². The molecule has 0 fully saturated rings. The lowest BCUT2D eigenvalue weighted by atomic mass is 10.1. The molecule has 0 saturated carbocycles. The number of aryl methyl sites for hydroxylation is 1. The van der Waals surface area contributed by atoms with Crippen LogP contribution in [0, 0.1) is 6.92 Å². The zero-order valence-corrected chi connectivity index (χ0v) is 11.5. The van der Waals surface area contributed by atoms with Crippen molar-refractivity contribution >= 4 is 11.6 Å². The molecule has 0 aliphatic rings. The van der Waals surface area contributed by atoms with Crippen LogP contribution in [0.15, 0.2) is 18.2 Å². The van der Waals surface area contributed by atoms with Gasteiger partial charge in [0, 0.05) is 25.8 Å². The van der Waals surface area contributed by atoms with Crippen LogP contribution in [0.5, 0.6) is 0 Å². The van der Waals surface area contributed by atoms with E-state index in [4.69, 9.17) is 5.73 Å². The molecule has 0 aromatic heterocycles. The Hall–Kier alpha value is -1.55. The van der Waals surface area contributed by atoms with E-state index >= 15 is 0 Å². The number of hydrogen-bond acceptors (Lipinski definition) is 3. The minimum Gasteiger partial charge on any atom is -0.365 e. The third-order valence-electron chi connectivity index (χ3n) is 2.86. The lowest BCUT2D eigenvalue weighted by Gasteiger charge is -2.21. The van der Waals surface area contributed by atoms with E-state index in [9.17, 15) is 4.79 Å². The maximum Gasteiger partial charge on any atom is 0.239 e. The van der Waals surface area contributed by atoms with Crippen LogP contribution in [0.3, 0.4) is 0 Å². The molecule has 1 amide bonds. The van der Waals surface area contributed by atoms with Crippen molar-refractivity contribution in [3.8, 4) is 0 Å². The number of carbonyl (C=O) groups excluding carboxylic acids is 1. The van der Waals surface area contributed by atoms with E-state index in [1.54, 1.807) is 0 Å². The van der Waals surface area contributed by atoms with Crippen LogP contribution in [0.25, 0.3) is 0 Å². The average Bonchev–Trinajstić information content (AvgIpc) is 2.35. The minimum atomic E-state index is 0.0571. The number of benzene rings is 1. The summed E-state index contributed by atoms with van der Waals surface area (Å²) in [7, 11) is 1.93. The van der Waals surface area contributed by atoms with Gasteiger partial charge in [0.1, 0.15) is 0 Å². The summed E-state index contributed by atoms with van der Waals surface area (Å²) in [6.07, 6.45) is 0.958. The highest BCUT2D eigenvalue weighted by atomic mass is 16.2. The Morgan fingerprint density at radius 3 is 2.72 bits per heavy atom. The highest BCUT2D eigenvalue weighted by Crippen LogP contribution is 2.19. The molecule has 0 unspecified atom stereocenters. The largest absolute Gasteiger partial charge is 0.365 e. The first kappa shape index (κ1) is 14.5. The lowest BCUT2D eigenvalue weighted by Crippen LogP contribution is -2.35. The fourth-order valence-corrected chi connectivity index (χ4v) is 1.89. The first-order valence-corrected chi connectivity index (χ1v) is 6.36. The lowest BCUT2D eigenvalue weighted by molar-refractivity contribution is -0.119. The number of anilines is 1. The van der Waals surface area contributed by atoms with E-state index in [-0.39, 0.29) is 5.91 Å². The molecule has 100 valence electrons.